The van der Waals surface area contributed by atoms with Gasteiger partial charge in [-0.15, -0.1) is 11.8 Å². The number of hydrogen-bond acceptors (Lipinski definition) is 6. The minimum absolute atomic E-state index is 0.102. The Hall–Kier alpha value is -2.06. The Morgan fingerprint density at radius 3 is 2.95 bits per heavy atom. The molecule has 2 aromatic rings. The van der Waals surface area contributed by atoms with E-state index in [4.69, 9.17) is 16.1 Å². The van der Waals surface area contributed by atoms with Crippen LogP contribution < -0.4 is 17.0 Å². The first-order valence-corrected chi connectivity index (χ1v) is 6.23. The Kier molecular flexibility index (Phi) is 4.03. The van der Waals surface area contributed by atoms with E-state index in [0.717, 1.165) is 4.90 Å². The van der Waals surface area contributed by atoms with Crippen molar-refractivity contribution >= 4 is 23.4 Å². The fourth-order valence-electron chi connectivity index (χ4n) is 1.36. The zero-order valence-electron chi connectivity index (χ0n) is 9.72. The molecule has 2 rings (SSSR count). The van der Waals surface area contributed by atoms with Gasteiger partial charge in [0.15, 0.2) is 5.69 Å². The summed E-state index contributed by atoms with van der Waals surface area (Å²) in [6, 6.07) is 5.64. The van der Waals surface area contributed by atoms with E-state index in [1.807, 2.05) is 5.43 Å². The van der Waals surface area contributed by atoms with Crippen LogP contribution in [0.4, 0.5) is 10.1 Å². The Balaban J connectivity index is 2.02. The Labute approximate surface area is 112 Å². The number of nitrogens with zero attached hydrogens (tertiary/aromatic N) is 1. The van der Waals surface area contributed by atoms with Crippen LogP contribution in [-0.2, 0) is 5.75 Å². The number of hydrogen-bond donors (Lipinski definition) is 3. The summed E-state index contributed by atoms with van der Waals surface area (Å²) in [7, 11) is 0. The standard InChI is InChI=1S/C11H11FN4O2S/c12-6-1-2-10(8(13)3-6)19-5-7-4-9(16-18-7)11(17)15-14/h1-4H,5,13-14H2,(H,15,17). The summed E-state index contributed by atoms with van der Waals surface area (Å²) in [5.74, 6) is 4.97. The van der Waals surface area contributed by atoms with E-state index in [9.17, 15) is 9.18 Å². The molecule has 6 nitrogen and oxygen atoms in total. The van der Waals surface area contributed by atoms with Crippen LogP contribution in [0.25, 0.3) is 0 Å². The van der Waals surface area contributed by atoms with Gasteiger partial charge in [0.05, 0.1) is 5.75 Å². The number of anilines is 1. The maximum absolute atomic E-state index is 12.9. The fraction of sp³-hybridized carbons (Fsp3) is 0.0909. The van der Waals surface area contributed by atoms with Crippen molar-refractivity contribution < 1.29 is 13.7 Å². The third-order valence-corrected chi connectivity index (χ3v) is 3.38. The van der Waals surface area contributed by atoms with E-state index >= 15 is 0 Å². The number of nitrogens with one attached hydrogen (secondary N) is 1. The first-order valence-electron chi connectivity index (χ1n) is 5.24. The number of halogens is 1. The number of nitrogen functional groups attached to an aromatic ring is 2. The second-order valence-electron chi connectivity index (χ2n) is 3.62. The molecule has 0 saturated carbocycles. The maximum atomic E-state index is 12.9. The van der Waals surface area contributed by atoms with Gasteiger partial charge < -0.3 is 10.3 Å². The number of carbonyl (C=O) groups excluding carboxylic acids is 1. The number of thioether (sulfide) groups is 1. The lowest BCUT2D eigenvalue weighted by atomic mass is 10.3. The van der Waals surface area contributed by atoms with E-state index in [-0.39, 0.29) is 11.5 Å². The van der Waals surface area contributed by atoms with Crippen molar-refractivity contribution in [3.05, 3.63) is 41.5 Å². The zero-order valence-corrected chi connectivity index (χ0v) is 10.5. The number of hydrazine groups is 1. The second-order valence-corrected chi connectivity index (χ2v) is 4.64. The van der Waals surface area contributed by atoms with Crippen LogP contribution in [0, 0.1) is 5.82 Å². The molecular weight excluding hydrogens is 271 g/mol. The fourth-order valence-corrected chi connectivity index (χ4v) is 2.19. The van der Waals surface area contributed by atoms with Crippen LogP contribution in [0.2, 0.25) is 0 Å². The number of nitrogens with two attached hydrogens (primary N) is 2. The number of carbonyl (C=O) groups is 1. The van der Waals surface area contributed by atoms with Crippen molar-refractivity contribution in [2.24, 2.45) is 5.84 Å². The monoisotopic (exact) mass is 282 g/mol. The maximum Gasteiger partial charge on any atom is 0.287 e. The molecule has 0 atom stereocenters. The lowest BCUT2D eigenvalue weighted by Gasteiger charge is -2.03. The molecule has 1 heterocycles. The van der Waals surface area contributed by atoms with Gasteiger partial charge in [-0.05, 0) is 18.2 Å². The van der Waals surface area contributed by atoms with Gasteiger partial charge in [0.25, 0.3) is 5.91 Å². The summed E-state index contributed by atoms with van der Waals surface area (Å²) in [5.41, 5.74) is 8.08. The molecular formula is C11H11FN4O2S. The number of amides is 1. The van der Waals surface area contributed by atoms with E-state index in [1.165, 1.54) is 30.0 Å². The van der Waals surface area contributed by atoms with Crippen LogP contribution in [-0.4, -0.2) is 11.1 Å². The second kappa shape index (κ2) is 5.72. The summed E-state index contributed by atoms with van der Waals surface area (Å²) >= 11 is 1.35. The minimum Gasteiger partial charge on any atom is -0.398 e. The summed E-state index contributed by atoms with van der Waals surface area (Å²) in [6.07, 6.45) is 0. The third kappa shape index (κ3) is 3.24. The van der Waals surface area contributed by atoms with E-state index in [1.54, 1.807) is 6.07 Å². The number of benzene rings is 1. The highest BCUT2D eigenvalue weighted by Crippen LogP contribution is 2.28. The molecule has 8 heteroatoms. The molecule has 5 N–H and O–H groups in total. The minimum atomic E-state index is -0.527. The molecule has 1 amide bonds. The molecule has 0 aliphatic rings. The molecule has 0 aliphatic heterocycles. The lowest BCUT2D eigenvalue weighted by Crippen LogP contribution is -2.30. The summed E-state index contributed by atoms with van der Waals surface area (Å²) in [5, 5.41) is 3.56. The summed E-state index contributed by atoms with van der Waals surface area (Å²) < 4.78 is 17.8. The van der Waals surface area contributed by atoms with Gasteiger partial charge in [-0.25, -0.2) is 10.2 Å². The van der Waals surface area contributed by atoms with Gasteiger partial charge in [-0.2, -0.15) is 0 Å². The normalized spacial score (nSPS) is 10.4. The van der Waals surface area contributed by atoms with E-state index in [0.29, 0.717) is 17.2 Å². The van der Waals surface area contributed by atoms with Gasteiger partial charge in [-0.3, -0.25) is 10.2 Å². The highest BCUT2D eigenvalue weighted by molar-refractivity contribution is 7.98. The molecule has 1 aromatic carbocycles. The third-order valence-electron chi connectivity index (χ3n) is 2.26. The molecule has 19 heavy (non-hydrogen) atoms. The van der Waals surface area contributed by atoms with Crippen molar-refractivity contribution in [3.8, 4) is 0 Å². The first-order chi connectivity index (χ1) is 9.10. The predicted octanol–water partition coefficient (Wildman–Crippen LogP) is 1.29. The molecule has 0 fully saturated rings. The number of aromatic nitrogens is 1. The van der Waals surface area contributed by atoms with Crippen molar-refractivity contribution in [1.29, 1.82) is 0 Å². The smallest absolute Gasteiger partial charge is 0.287 e. The van der Waals surface area contributed by atoms with Crippen LogP contribution in [0.1, 0.15) is 16.2 Å². The van der Waals surface area contributed by atoms with Crippen molar-refractivity contribution in [3.63, 3.8) is 0 Å². The summed E-state index contributed by atoms with van der Waals surface area (Å²) in [4.78, 5) is 11.9. The lowest BCUT2D eigenvalue weighted by molar-refractivity contribution is 0.0944. The number of rotatable bonds is 4. The van der Waals surface area contributed by atoms with Crippen molar-refractivity contribution in [1.82, 2.24) is 10.6 Å². The summed E-state index contributed by atoms with van der Waals surface area (Å²) in [6.45, 7) is 0. The van der Waals surface area contributed by atoms with Crippen molar-refractivity contribution in [2.75, 3.05) is 5.73 Å². The van der Waals surface area contributed by atoms with E-state index in [2.05, 4.69) is 5.16 Å². The molecule has 0 bridgehead atoms. The Bertz CT molecular complexity index is 602. The molecule has 0 unspecified atom stereocenters. The van der Waals surface area contributed by atoms with Crippen molar-refractivity contribution in [2.45, 2.75) is 10.6 Å². The SMILES string of the molecule is NNC(=O)c1cc(CSc2ccc(F)cc2N)on1. The van der Waals surface area contributed by atoms with Crippen LogP contribution in [0.3, 0.4) is 0 Å². The van der Waals surface area contributed by atoms with Crippen LogP contribution in [0.5, 0.6) is 0 Å². The average molecular weight is 282 g/mol. The first kappa shape index (κ1) is 13.4. The topological polar surface area (TPSA) is 107 Å². The van der Waals surface area contributed by atoms with Gasteiger partial charge in [0.1, 0.15) is 11.6 Å². The zero-order chi connectivity index (χ0) is 13.8. The van der Waals surface area contributed by atoms with Crippen LogP contribution >= 0.6 is 11.8 Å². The molecule has 1 aromatic heterocycles. The van der Waals surface area contributed by atoms with Gasteiger partial charge >= 0.3 is 0 Å². The molecule has 0 saturated heterocycles. The van der Waals surface area contributed by atoms with Gasteiger partial charge in [-0.1, -0.05) is 5.16 Å². The Morgan fingerprint density at radius 1 is 1.47 bits per heavy atom. The van der Waals surface area contributed by atoms with Crippen LogP contribution in [0.15, 0.2) is 33.7 Å². The van der Waals surface area contributed by atoms with E-state index < -0.39 is 5.91 Å². The highest BCUT2D eigenvalue weighted by Gasteiger charge is 2.11. The average Bonchev–Trinajstić information content (AvgIpc) is 2.85. The highest BCUT2D eigenvalue weighted by atomic mass is 32.2. The molecule has 0 aliphatic carbocycles. The van der Waals surface area contributed by atoms with Gasteiger partial charge in [0, 0.05) is 16.6 Å². The molecule has 100 valence electrons. The Morgan fingerprint density at radius 2 is 2.26 bits per heavy atom. The quantitative estimate of drug-likeness (QED) is 0.256. The van der Waals surface area contributed by atoms with Gasteiger partial charge in [0.2, 0.25) is 0 Å². The molecule has 0 spiro atoms. The molecule has 0 radical (unpaired) electrons. The predicted molar refractivity (Wildman–Crippen MR) is 68.5 cm³/mol. The largest absolute Gasteiger partial charge is 0.398 e.